The summed E-state index contributed by atoms with van der Waals surface area (Å²) in [6, 6.07) is 2.35. The highest BCUT2D eigenvalue weighted by Gasteiger charge is 2.42. The maximum absolute atomic E-state index is 6.82. The van der Waals surface area contributed by atoms with Gasteiger partial charge in [0.05, 0.1) is 36.6 Å². The highest BCUT2D eigenvalue weighted by molar-refractivity contribution is 6.76. The second-order valence-electron chi connectivity index (χ2n) is 18.6. The van der Waals surface area contributed by atoms with Crippen LogP contribution < -0.4 is 0 Å². The molecule has 2 aliphatic rings. The first-order chi connectivity index (χ1) is 25.0. The molecular weight excluding hydrogens is 681 g/mol. The molecule has 308 valence electrons. The van der Waals surface area contributed by atoms with Crippen LogP contribution in [-0.2, 0) is 28.4 Å². The van der Waals surface area contributed by atoms with Crippen molar-refractivity contribution in [1.82, 2.24) is 0 Å². The lowest BCUT2D eigenvalue weighted by Crippen LogP contribution is -2.35. The van der Waals surface area contributed by atoms with E-state index in [0.717, 1.165) is 58.2 Å². The zero-order valence-corrected chi connectivity index (χ0v) is 37.7. The lowest BCUT2D eigenvalue weighted by Gasteiger charge is -2.28. The van der Waals surface area contributed by atoms with Gasteiger partial charge in [0.15, 0.2) is 0 Å². The quantitative estimate of drug-likeness (QED) is 0.0277. The van der Waals surface area contributed by atoms with Crippen LogP contribution in [0, 0.1) is 0 Å². The maximum atomic E-state index is 6.82. The summed E-state index contributed by atoms with van der Waals surface area (Å²) in [5.41, 5.74) is 0. The van der Waals surface area contributed by atoms with E-state index in [0.29, 0.717) is 13.6 Å². The largest absolute Gasteiger partial charge is 0.370 e. The van der Waals surface area contributed by atoms with Gasteiger partial charge in [-0.3, -0.25) is 0 Å². The van der Waals surface area contributed by atoms with E-state index in [-0.39, 0.29) is 36.6 Å². The van der Waals surface area contributed by atoms with Crippen molar-refractivity contribution in [2.24, 2.45) is 0 Å². The van der Waals surface area contributed by atoms with Gasteiger partial charge in [-0.2, -0.15) is 0 Å². The highest BCUT2D eigenvalue weighted by Crippen LogP contribution is 2.36. The Morgan fingerprint density at radius 3 is 1.33 bits per heavy atom. The van der Waals surface area contributed by atoms with Crippen molar-refractivity contribution >= 4 is 16.1 Å². The summed E-state index contributed by atoms with van der Waals surface area (Å²) in [6.45, 7) is 22.9. The summed E-state index contributed by atoms with van der Waals surface area (Å²) in [4.78, 5) is 0. The molecule has 6 atom stereocenters. The van der Waals surface area contributed by atoms with Crippen molar-refractivity contribution in [3.63, 3.8) is 0 Å². The van der Waals surface area contributed by atoms with Gasteiger partial charge in [-0.25, -0.2) is 0 Å². The summed E-state index contributed by atoms with van der Waals surface area (Å²) in [6.07, 6.45) is 31.3. The van der Waals surface area contributed by atoms with Crippen molar-refractivity contribution < 1.29 is 28.4 Å². The van der Waals surface area contributed by atoms with E-state index in [1.165, 1.54) is 115 Å². The molecule has 0 amide bonds. The van der Waals surface area contributed by atoms with Gasteiger partial charge >= 0.3 is 0 Å². The van der Waals surface area contributed by atoms with Gasteiger partial charge in [0.1, 0.15) is 13.6 Å². The Labute approximate surface area is 325 Å². The summed E-state index contributed by atoms with van der Waals surface area (Å²) in [7, 11) is -2.23. The third-order valence-electron chi connectivity index (χ3n) is 11.1. The van der Waals surface area contributed by atoms with Crippen LogP contribution in [-0.4, -0.2) is 79.6 Å². The van der Waals surface area contributed by atoms with Crippen LogP contribution in [0.3, 0.4) is 0 Å². The monoisotopic (exact) mass is 769 g/mol. The van der Waals surface area contributed by atoms with Crippen molar-refractivity contribution in [3.05, 3.63) is 12.7 Å². The summed E-state index contributed by atoms with van der Waals surface area (Å²) >= 11 is 0. The molecule has 0 aliphatic carbocycles. The normalized spacial score (nSPS) is 22.3. The first-order valence-corrected chi connectivity index (χ1v) is 29.7. The summed E-state index contributed by atoms with van der Waals surface area (Å²) < 4.78 is 38.5. The topological polar surface area (TPSA) is 55.4 Å². The molecule has 0 saturated carbocycles. The van der Waals surface area contributed by atoms with Gasteiger partial charge < -0.3 is 28.4 Å². The fourth-order valence-electron chi connectivity index (χ4n) is 7.55. The molecule has 0 bridgehead atoms. The number of hydrogen-bond donors (Lipinski definition) is 0. The van der Waals surface area contributed by atoms with Crippen molar-refractivity contribution in [2.45, 2.75) is 243 Å². The van der Waals surface area contributed by atoms with Gasteiger partial charge in [0.25, 0.3) is 0 Å². The Bertz CT molecular complexity index is 846. The minimum absolute atomic E-state index is 0.0966. The van der Waals surface area contributed by atoms with Crippen molar-refractivity contribution in [3.8, 4) is 0 Å². The van der Waals surface area contributed by atoms with Crippen LogP contribution in [0.5, 0.6) is 0 Å². The molecule has 8 heteroatoms. The molecule has 2 saturated heterocycles. The summed E-state index contributed by atoms with van der Waals surface area (Å²) in [5, 5.41) is 0. The van der Waals surface area contributed by atoms with Gasteiger partial charge in [-0.05, 0) is 63.5 Å². The van der Waals surface area contributed by atoms with E-state index in [9.17, 15) is 0 Å². The molecule has 0 radical (unpaired) electrons. The van der Waals surface area contributed by atoms with Crippen molar-refractivity contribution in [1.29, 1.82) is 0 Å². The molecule has 2 rings (SSSR count). The minimum atomic E-state index is -1.12. The minimum Gasteiger partial charge on any atom is -0.370 e. The second-order valence-corrected chi connectivity index (χ2v) is 29.9. The Morgan fingerprint density at radius 1 is 0.558 bits per heavy atom. The molecule has 0 aromatic rings. The first kappa shape index (κ1) is 48.1. The first-order valence-electron chi connectivity index (χ1n) is 22.3. The van der Waals surface area contributed by atoms with E-state index >= 15 is 0 Å². The number of ether oxygens (including phenoxy) is 6. The third-order valence-corrected chi connectivity index (χ3v) is 14.5. The Balaban J connectivity index is 1.85. The zero-order valence-electron chi connectivity index (χ0n) is 35.7. The van der Waals surface area contributed by atoms with E-state index in [4.69, 9.17) is 28.4 Å². The average Bonchev–Trinajstić information content (AvgIpc) is 3.78. The highest BCUT2D eigenvalue weighted by atomic mass is 28.3. The Hall–Kier alpha value is -0.0662. The number of unbranched alkanes of at least 4 members (excludes halogenated alkanes) is 15. The SMILES string of the molecule is C=CCCCCCCCCCC[C@@H](OCOCC[Si](C)(C)C)C1CC[C@H]([C@H]2CCC([C@@H](CCCCCCCCCC)OCOCC[Si](C)(C)C)O2)O1. The molecule has 2 aliphatic heterocycles. The number of allylic oxidation sites excluding steroid dienone is 1. The van der Waals surface area contributed by atoms with Crippen LogP contribution in [0.1, 0.15) is 155 Å². The van der Waals surface area contributed by atoms with Gasteiger partial charge in [0.2, 0.25) is 0 Å². The van der Waals surface area contributed by atoms with Crippen LogP contribution in [0.25, 0.3) is 0 Å². The lowest BCUT2D eigenvalue weighted by molar-refractivity contribution is -0.162. The molecule has 0 aromatic carbocycles. The number of rotatable bonds is 35. The van der Waals surface area contributed by atoms with Crippen molar-refractivity contribution in [2.75, 3.05) is 26.8 Å². The second kappa shape index (κ2) is 29.2. The van der Waals surface area contributed by atoms with Gasteiger partial charge in [0, 0.05) is 29.4 Å². The maximum Gasteiger partial charge on any atom is 0.147 e. The number of hydrogen-bond acceptors (Lipinski definition) is 6. The fourth-order valence-corrected chi connectivity index (χ4v) is 9.06. The van der Waals surface area contributed by atoms with E-state index < -0.39 is 16.1 Å². The Morgan fingerprint density at radius 2 is 0.942 bits per heavy atom. The smallest absolute Gasteiger partial charge is 0.147 e. The predicted molar refractivity (Wildman–Crippen MR) is 227 cm³/mol. The lowest BCUT2D eigenvalue weighted by atomic mass is 10.00. The molecule has 52 heavy (non-hydrogen) atoms. The zero-order chi connectivity index (χ0) is 37.9. The molecule has 0 N–H and O–H groups in total. The van der Waals surface area contributed by atoms with Gasteiger partial charge in [-0.15, -0.1) is 6.58 Å². The molecule has 2 fully saturated rings. The van der Waals surface area contributed by atoms with E-state index in [2.05, 4.69) is 52.8 Å². The van der Waals surface area contributed by atoms with E-state index in [1.54, 1.807) is 0 Å². The molecule has 0 spiro atoms. The van der Waals surface area contributed by atoms with Crippen LogP contribution >= 0.6 is 0 Å². The average molecular weight is 769 g/mol. The van der Waals surface area contributed by atoms with E-state index in [1.807, 2.05) is 6.08 Å². The predicted octanol–water partition coefficient (Wildman–Crippen LogP) is 13.1. The van der Waals surface area contributed by atoms with Crippen LogP contribution in [0.15, 0.2) is 12.7 Å². The van der Waals surface area contributed by atoms with Crippen LogP contribution in [0.2, 0.25) is 51.4 Å². The van der Waals surface area contributed by atoms with Crippen LogP contribution in [0.4, 0.5) is 0 Å². The Kier molecular flexibility index (Phi) is 27.0. The molecule has 0 aromatic heterocycles. The molecule has 2 heterocycles. The standard InChI is InChI=1S/C44H88O6Si2/c1-9-11-13-15-17-19-20-22-24-26-28-40(48-38-46-34-36-52(6,7)8)42-30-32-44(50-42)43-31-29-41(49-43)39(47-37-45-33-35-51(3,4)5)27-25-23-21-18-16-14-12-10-2/h9,39-44H,1,10-38H2,2-8H3/t39-,40-,41?,42?,43-,44-/m1/s1. The molecule has 6 nitrogen and oxygen atoms in total. The third kappa shape index (κ3) is 24.4. The molecular formula is C44H88O6Si2. The van der Waals surface area contributed by atoms with Gasteiger partial charge in [-0.1, -0.05) is 149 Å². The summed E-state index contributed by atoms with van der Waals surface area (Å²) in [5.74, 6) is 0. The molecule has 2 unspecified atom stereocenters. The fraction of sp³-hybridized carbons (Fsp3) is 0.955.